The monoisotopic (exact) mass is 311 g/mol. The van der Waals surface area contributed by atoms with Crippen molar-refractivity contribution in [2.45, 2.75) is 5.75 Å². The van der Waals surface area contributed by atoms with Crippen molar-refractivity contribution < 1.29 is 17.9 Å². The molecule has 0 aromatic heterocycles. The zero-order chi connectivity index (χ0) is 15.7. The third kappa shape index (κ3) is 6.85. The molecule has 0 bridgehead atoms. The van der Waals surface area contributed by atoms with E-state index in [0.29, 0.717) is 24.3 Å². The number of nitriles is 1. The fourth-order valence-corrected chi connectivity index (χ4v) is 2.56. The molecular formula is C13H17N3O4S. The first kappa shape index (κ1) is 17.1. The third-order valence-electron chi connectivity index (χ3n) is 2.52. The van der Waals surface area contributed by atoms with Crippen molar-refractivity contribution in [3.05, 3.63) is 35.4 Å². The molecule has 114 valence electrons. The molecule has 0 fully saturated rings. The van der Waals surface area contributed by atoms with Gasteiger partial charge in [0.1, 0.15) is 0 Å². The van der Waals surface area contributed by atoms with Crippen LogP contribution in [0.2, 0.25) is 0 Å². The highest BCUT2D eigenvalue weighted by Crippen LogP contribution is 2.06. The lowest BCUT2D eigenvalue weighted by Gasteiger charge is -2.07. The number of hydrogen-bond donors (Lipinski definition) is 2. The molecule has 0 aliphatic rings. The van der Waals surface area contributed by atoms with Crippen LogP contribution in [0.4, 0.5) is 0 Å². The summed E-state index contributed by atoms with van der Waals surface area (Å²) in [4.78, 5) is 11.4. The molecule has 0 aliphatic heterocycles. The molecule has 0 heterocycles. The number of nitrogens with zero attached hydrogens (tertiary/aromatic N) is 1. The summed E-state index contributed by atoms with van der Waals surface area (Å²) in [5.74, 6) is -0.667. The molecule has 2 N–H and O–H groups in total. The summed E-state index contributed by atoms with van der Waals surface area (Å²) in [6.45, 7) is 0.374. The van der Waals surface area contributed by atoms with E-state index in [1.165, 1.54) is 7.11 Å². The van der Waals surface area contributed by atoms with Gasteiger partial charge in [0.25, 0.3) is 0 Å². The first-order chi connectivity index (χ1) is 9.96. The van der Waals surface area contributed by atoms with Crippen molar-refractivity contribution in [1.29, 1.82) is 5.26 Å². The van der Waals surface area contributed by atoms with Gasteiger partial charge in [-0.1, -0.05) is 12.1 Å². The Morgan fingerprint density at radius 3 is 2.57 bits per heavy atom. The molecule has 8 heteroatoms. The number of methoxy groups -OCH3 is 1. The molecule has 0 saturated carbocycles. The summed E-state index contributed by atoms with van der Waals surface area (Å²) in [6, 6.07) is 8.17. The van der Waals surface area contributed by atoms with Gasteiger partial charge in [0.2, 0.25) is 15.9 Å². The van der Waals surface area contributed by atoms with Crippen molar-refractivity contribution in [1.82, 2.24) is 10.0 Å². The largest absolute Gasteiger partial charge is 0.383 e. The lowest BCUT2D eigenvalue weighted by Crippen LogP contribution is -2.38. The van der Waals surface area contributed by atoms with Crippen LogP contribution < -0.4 is 10.0 Å². The average Bonchev–Trinajstić information content (AvgIpc) is 2.46. The number of sulfonamides is 1. The minimum atomic E-state index is -3.60. The Morgan fingerprint density at radius 1 is 1.33 bits per heavy atom. The van der Waals surface area contributed by atoms with Crippen LogP contribution in [0.25, 0.3) is 0 Å². The highest BCUT2D eigenvalue weighted by molar-refractivity contribution is 7.88. The number of rotatable bonds is 8. The van der Waals surface area contributed by atoms with Crippen LogP contribution in [0.15, 0.2) is 24.3 Å². The van der Waals surface area contributed by atoms with Crippen LogP contribution >= 0.6 is 0 Å². The fourth-order valence-electron chi connectivity index (χ4n) is 1.48. The molecule has 0 unspecified atom stereocenters. The van der Waals surface area contributed by atoms with E-state index >= 15 is 0 Å². The Hall–Kier alpha value is -1.95. The van der Waals surface area contributed by atoms with Gasteiger partial charge in [-0.3, -0.25) is 4.79 Å². The van der Waals surface area contributed by atoms with Gasteiger partial charge in [-0.15, -0.1) is 0 Å². The summed E-state index contributed by atoms with van der Waals surface area (Å²) >= 11 is 0. The van der Waals surface area contributed by atoms with Gasteiger partial charge in [-0.2, -0.15) is 5.26 Å². The fraction of sp³-hybridized carbons (Fsp3) is 0.385. The van der Waals surface area contributed by atoms with Crippen molar-refractivity contribution >= 4 is 15.9 Å². The Kier molecular flexibility index (Phi) is 6.81. The molecule has 0 radical (unpaired) electrons. The van der Waals surface area contributed by atoms with Crippen LogP contribution in [-0.2, 0) is 25.3 Å². The van der Waals surface area contributed by atoms with Gasteiger partial charge in [0.15, 0.2) is 0 Å². The molecule has 0 atom stereocenters. The number of hydrogen-bond acceptors (Lipinski definition) is 5. The predicted octanol–water partition coefficient (Wildman–Crippen LogP) is -0.260. The van der Waals surface area contributed by atoms with Gasteiger partial charge in [-0.25, -0.2) is 13.1 Å². The Labute approximate surface area is 124 Å². The summed E-state index contributed by atoms with van der Waals surface area (Å²) in [5.41, 5.74) is 1.00. The number of carbonyl (C=O) groups is 1. The van der Waals surface area contributed by atoms with E-state index in [2.05, 4.69) is 10.0 Å². The minimum absolute atomic E-state index is 0.246. The summed E-state index contributed by atoms with van der Waals surface area (Å²) in [7, 11) is -2.10. The molecule has 1 rings (SSSR count). The number of carbonyl (C=O) groups excluding carboxylic acids is 1. The minimum Gasteiger partial charge on any atom is -0.383 e. The van der Waals surface area contributed by atoms with E-state index < -0.39 is 15.9 Å². The summed E-state index contributed by atoms with van der Waals surface area (Å²) in [5, 5.41) is 11.2. The molecule has 7 nitrogen and oxygen atoms in total. The quantitative estimate of drug-likeness (QED) is 0.643. The Balaban J connectivity index is 2.46. The average molecular weight is 311 g/mol. The predicted molar refractivity (Wildman–Crippen MR) is 76.7 cm³/mol. The number of nitrogens with one attached hydrogen (secondary N) is 2. The normalized spacial score (nSPS) is 10.9. The van der Waals surface area contributed by atoms with E-state index in [1.807, 2.05) is 6.07 Å². The van der Waals surface area contributed by atoms with E-state index in [9.17, 15) is 13.2 Å². The van der Waals surface area contributed by atoms with Gasteiger partial charge in [-0.05, 0) is 17.7 Å². The number of amides is 1. The second kappa shape index (κ2) is 8.36. The van der Waals surface area contributed by atoms with Gasteiger partial charge in [0.05, 0.1) is 30.5 Å². The maximum Gasteiger partial charge on any atom is 0.235 e. The van der Waals surface area contributed by atoms with Crippen LogP contribution in [0, 0.1) is 11.3 Å². The molecule has 1 amide bonds. The highest BCUT2D eigenvalue weighted by atomic mass is 32.2. The third-order valence-corrected chi connectivity index (χ3v) is 3.82. The lowest BCUT2D eigenvalue weighted by atomic mass is 10.2. The van der Waals surface area contributed by atoms with E-state index in [4.69, 9.17) is 10.00 Å². The topological polar surface area (TPSA) is 108 Å². The molecule has 21 heavy (non-hydrogen) atoms. The molecule has 1 aromatic carbocycles. The van der Waals surface area contributed by atoms with Crippen LogP contribution in [-0.4, -0.2) is 41.1 Å². The SMILES string of the molecule is COCCNC(=O)CNS(=O)(=O)Cc1ccc(C#N)cc1. The summed E-state index contributed by atoms with van der Waals surface area (Å²) in [6.07, 6.45) is 0. The maximum atomic E-state index is 11.8. The number of benzene rings is 1. The molecular weight excluding hydrogens is 294 g/mol. The first-order valence-electron chi connectivity index (χ1n) is 6.19. The molecule has 1 aromatic rings. The van der Waals surface area contributed by atoms with Gasteiger partial charge >= 0.3 is 0 Å². The van der Waals surface area contributed by atoms with Crippen molar-refractivity contribution in [3.8, 4) is 6.07 Å². The van der Waals surface area contributed by atoms with Gasteiger partial charge in [0, 0.05) is 13.7 Å². The van der Waals surface area contributed by atoms with E-state index in [0.717, 1.165) is 0 Å². The van der Waals surface area contributed by atoms with Gasteiger partial charge < -0.3 is 10.1 Å². The van der Waals surface area contributed by atoms with Crippen molar-refractivity contribution in [3.63, 3.8) is 0 Å². The van der Waals surface area contributed by atoms with Crippen LogP contribution in [0.1, 0.15) is 11.1 Å². The highest BCUT2D eigenvalue weighted by Gasteiger charge is 2.13. The van der Waals surface area contributed by atoms with Crippen LogP contribution in [0.3, 0.4) is 0 Å². The van der Waals surface area contributed by atoms with E-state index in [-0.39, 0.29) is 12.3 Å². The maximum absolute atomic E-state index is 11.8. The molecule has 0 saturated heterocycles. The first-order valence-corrected chi connectivity index (χ1v) is 7.84. The second-order valence-corrected chi connectivity index (χ2v) is 6.04. The number of ether oxygens (including phenoxy) is 1. The van der Waals surface area contributed by atoms with Crippen molar-refractivity contribution in [2.75, 3.05) is 26.8 Å². The summed E-state index contributed by atoms with van der Waals surface area (Å²) < 4.78 is 30.6. The standard InChI is InChI=1S/C13H17N3O4S/c1-20-7-6-15-13(17)9-16-21(18,19)10-12-4-2-11(8-14)3-5-12/h2-5,16H,6-7,9-10H2,1H3,(H,15,17). The van der Waals surface area contributed by atoms with Crippen molar-refractivity contribution in [2.24, 2.45) is 0 Å². The van der Waals surface area contributed by atoms with E-state index in [1.54, 1.807) is 24.3 Å². The molecule has 0 spiro atoms. The van der Waals surface area contributed by atoms with Crippen LogP contribution in [0.5, 0.6) is 0 Å². The zero-order valence-corrected chi connectivity index (χ0v) is 12.4. The smallest absolute Gasteiger partial charge is 0.235 e. The Bertz CT molecular complexity index is 605. The Morgan fingerprint density at radius 2 is 2.00 bits per heavy atom. The second-order valence-electron chi connectivity index (χ2n) is 4.23. The lowest BCUT2D eigenvalue weighted by molar-refractivity contribution is -0.120. The molecule has 0 aliphatic carbocycles. The zero-order valence-electron chi connectivity index (χ0n) is 11.6.